The predicted molar refractivity (Wildman–Crippen MR) is 98.4 cm³/mol. The van der Waals surface area contributed by atoms with E-state index in [-0.39, 0.29) is 6.10 Å². The molecule has 1 aliphatic rings. The van der Waals surface area contributed by atoms with Crippen LogP contribution in [0.15, 0.2) is 48.6 Å². The quantitative estimate of drug-likeness (QED) is 0.477. The molecule has 0 aliphatic carbocycles. The van der Waals surface area contributed by atoms with Crippen molar-refractivity contribution in [2.45, 2.75) is 57.7 Å². The molecule has 2 N–H and O–H groups in total. The van der Waals surface area contributed by atoms with Gasteiger partial charge in [0, 0.05) is 6.54 Å². The van der Waals surface area contributed by atoms with Crippen LogP contribution < -0.4 is 0 Å². The summed E-state index contributed by atoms with van der Waals surface area (Å²) in [6.07, 6.45) is 20.7. The number of nitrogens with zero attached hydrogens (tertiary/aromatic N) is 1. The Morgan fingerprint density at radius 3 is 2.17 bits per heavy atom. The van der Waals surface area contributed by atoms with Gasteiger partial charge in [0.05, 0.1) is 12.2 Å². The highest BCUT2D eigenvalue weighted by atomic mass is 16.3. The summed E-state index contributed by atoms with van der Waals surface area (Å²) in [5.41, 5.74) is 0. The average molecular weight is 319 g/mol. The lowest BCUT2D eigenvalue weighted by atomic mass is 10.1. The second kappa shape index (κ2) is 13.3. The third kappa shape index (κ3) is 11.1. The molecular formula is C20H33NO2. The fourth-order valence-corrected chi connectivity index (χ4v) is 2.59. The van der Waals surface area contributed by atoms with Crippen molar-refractivity contribution < 1.29 is 10.2 Å². The molecular weight excluding hydrogens is 286 g/mol. The molecule has 23 heavy (non-hydrogen) atoms. The van der Waals surface area contributed by atoms with Gasteiger partial charge in [-0.1, -0.05) is 62.0 Å². The van der Waals surface area contributed by atoms with E-state index < -0.39 is 6.10 Å². The molecule has 0 radical (unpaired) electrons. The Bertz CT molecular complexity index is 392. The van der Waals surface area contributed by atoms with Crippen LogP contribution in [0.25, 0.3) is 0 Å². The van der Waals surface area contributed by atoms with Gasteiger partial charge < -0.3 is 15.1 Å². The molecule has 1 saturated heterocycles. The largest absolute Gasteiger partial charge is 0.389 e. The van der Waals surface area contributed by atoms with E-state index in [1.165, 1.54) is 32.4 Å². The number of aliphatic hydroxyl groups excluding tert-OH is 2. The maximum Gasteiger partial charge on any atom is 0.0758 e. The summed E-state index contributed by atoms with van der Waals surface area (Å²) in [6, 6.07) is 0. The van der Waals surface area contributed by atoms with Crippen LogP contribution in [0.3, 0.4) is 0 Å². The lowest BCUT2D eigenvalue weighted by molar-refractivity contribution is 0.164. The van der Waals surface area contributed by atoms with E-state index >= 15 is 0 Å². The Morgan fingerprint density at radius 1 is 0.870 bits per heavy atom. The maximum absolute atomic E-state index is 9.93. The number of aliphatic hydroxyl groups is 2. The van der Waals surface area contributed by atoms with Crippen LogP contribution in [0, 0.1) is 0 Å². The van der Waals surface area contributed by atoms with E-state index in [4.69, 9.17) is 0 Å². The van der Waals surface area contributed by atoms with Gasteiger partial charge in [0.15, 0.2) is 0 Å². The first kappa shape index (κ1) is 19.9. The van der Waals surface area contributed by atoms with E-state index in [9.17, 15) is 10.2 Å². The smallest absolute Gasteiger partial charge is 0.0758 e. The van der Waals surface area contributed by atoms with Crippen LogP contribution in [0.5, 0.6) is 0 Å². The molecule has 1 heterocycles. The van der Waals surface area contributed by atoms with Crippen LogP contribution in [-0.2, 0) is 0 Å². The van der Waals surface area contributed by atoms with Crippen molar-refractivity contribution in [3.05, 3.63) is 48.6 Å². The highest BCUT2D eigenvalue weighted by Gasteiger charge is 2.10. The van der Waals surface area contributed by atoms with E-state index in [2.05, 4.69) is 17.9 Å². The normalized spacial score (nSPS) is 20.3. The Morgan fingerprint density at radius 2 is 1.52 bits per heavy atom. The lowest BCUT2D eigenvalue weighted by Gasteiger charge is -2.26. The lowest BCUT2D eigenvalue weighted by Crippen LogP contribution is -2.32. The predicted octanol–water partition coefficient (Wildman–Crippen LogP) is 3.61. The third-order valence-corrected chi connectivity index (χ3v) is 3.97. The number of rotatable bonds is 10. The number of piperidine rings is 1. The summed E-state index contributed by atoms with van der Waals surface area (Å²) in [4.78, 5) is 2.44. The summed E-state index contributed by atoms with van der Waals surface area (Å²) in [5.74, 6) is 0. The molecule has 0 spiro atoms. The molecule has 130 valence electrons. The average Bonchev–Trinajstić information content (AvgIpc) is 2.57. The van der Waals surface area contributed by atoms with Crippen LogP contribution in [0.1, 0.15) is 45.4 Å². The van der Waals surface area contributed by atoms with Crippen molar-refractivity contribution >= 4 is 0 Å². The van der Waals surface area contributed by atoms with Crippen LogP contribution in [-0.4, -0.2) is 47.0 Å². The van der Waals surface area contributed by atoms with Crippen LogP contribution >= 0.6 is 0 Å². The van der Waals surface area contributed by atoms with Crippen LogP contribution in [0.4, 0.5) is 0 Å². The number of hydrogen-bond acceptors (Lipinski definition) is 3. The number of hydrogen-bond donors (Lipinski definition) is 2. The fourth-order valence-electron chi connectivity index (χ4n) is 2.59. The van der Waals surface area contributed by atoms with Gasteiger partial charge in [0.1, 0.15) is 0 Å². The second-order valence-corrected chi connectivity index (χ2v) is 6.10. The molecule has 3 heteroatoms. The van der Waals surface area contributed by atoms with Crippen molar-refractivity contribution in [1.29, 1.82) is 0 Å². The molecule has 3 nitrogen and oxygen atoms in total. The molecule has 1 rings (SSSR count). The second-order valence-electron chi connectivity index (χ2n) is 6.10. The number of allylic oxidation sites excluding steroid dienone is 5. The van der Waals surface area contributed by atoms with Gasteiger partial charge >= 0.3 is 0 Å². The first-order valence-corrected chi connectivity index (χ1v) is 8.97. The summed E-state index contributed by atoms with van der Waals surface area (Å²) in [5, 5.41) is 19.6. The van der Waals surface area contributed by atoms with E-state index in [0.717, 1.165) is 19.4 Å². The first-order chi connectivity index (χ1) is 11.2. The van der Waals surface area contributed by atoms with Gasteiger partial charge in [-0.3, -0.25) is 0 Å². The molecule has 0 aromatic heterocycles. The Balaban J connectivity index is 2.14. The monoisotopic (exact) mass is 319 g/mol. The molecule has 0 aromatic carbocycles. The zero-order chi connectivity index (χ0) is 16.8. The van der Waals surface area contributed by atoms with Crippen LogP contribution in [0.2, 0.25) is 0 Å². The topological polar surface area (TPSA) is 43.7 Å². The molecule has 0 aromatic rings. The van der Waals surface area contributed by atoms with Crippen molar-refractivity contribution in [2.75, 3.05) is 19.6 Å². The van der Waals surface area contributed by atoms with Gasteiger partial charge in [0.2, 0.25) is 0 Å². The zero-order valence-electron chi connectivity index (χ0n) is 14.5. The molecule has 0 bridgehead atoms. The fraction of sp³-hybridized carbons (Fsp3) is 0.600. The third-order valence-electron chi connectivity index (χ3n) is 3.97. The molecule has 2 atom stereocenters. The number of likely N-dealkylation sites (tertiary alicyclic amines) is 1. The highest BCUT2D eigenvalue weighted by molar-refractivity contribution is 5.13. The highest BCUT2D eigenvalue weighted by Crippen LogP contribution is 2.09. The molecule has 1 aliphatic heterocycles. The van der Waals surface area contributed by atoms with E-state index in [1.54, 1.807) is 6.08 Å². The summed E-state index contributed by atoms with van der Waals surface area (Å²) < 4.78 is 0. The molecule has 0 saturated carbocycles. The minimum absolute atomic E-state index is 0.379. The molecule has 1 fully saturated rings. The van der Waals surface area contributed by atoms with Gasteiger partial charge in [-0.15, -0.1) is 0 Å². The van der Waals surface area contributed by atoms with Gasteiger partial charge in [0.25, 0.3) is 0 Å². The Kier molecular flexibility index (Phi) is 11.5. The van der Waals surface area contributed by atoms with Gasteiger partial charge in [-0.25, -0.2) is 0 Å². The first-order valence-electron chi connectivity index (χ1n) is 8.97. The summed E-state index contributed by atoms with van der Waals surface area (Å²) >= 11 is 0. The van der Waals surface area contributed by atoms with E-state index in [1.807, 2.05) is 36.5 Å². The summed E-state index contributed by atoms with van der Waals surface area (Å²) in [7, 11) is 0. The van der Waals surface area contributed by atoms with Crippen molar-refractivity contribution in [3.63, 3.8) is 0 Å². The zero-order valence-corrected chi connectivity index (χ0v) is 14.5. The molecule has 0 amide bonds. The summed E-state index contributed by atoms with van der Waals surface area (Å²) in [6.45, 7) is 5.41. The van der Waals surface area contributed by atoms with Gasteiger partial charge in [-0.05, 0) is 45.2 Å². The van der Waals surface area contributed by atoms with Crippen molar-refractivity contribution in [1.82, 2.24) is 4.90 Å². The minimum atomic E-state index is -0.429. The Hall–Kier alpha value is -1.16. The standard InChI is InChI=1S/C20H33NO2/c1-2-3-7-12-19(22)13-8-4-5-9-14-20(23)15-18-21-16-10-6-11-17-21/h3-5,7-9,13-14,19-20,22-23H,2,6,10-12,15-18H2,1H3/b5-4+,7-3-,13-8-,14-9+/t19-,20-/m0/s1. The molecule has 0 unspecified atom stereocenters. The maximum atomic E-state index is 9.93. The van der Waals surface area contributed by atoms with Crippen molar-refractivity contribution in [2.24, 2.45) is 0 Å². The van der Waals surface area contributed by atoms with E-state index in [0.29, 0.717) is 6.42 Å². The van der Waals surface area contributed by atoms with Crippen molar-refractivity contribution in [3.8, 4) is 0 Å². The Labute approximate surface area is 141 Å². The SMILES string of the molecule is CC/C=C\C[C@H](O)\C=C/C=C/C=C/[C@H](O)CCN1CCCCC1. The minimum Gasteiger partial charge on any atom is -0.389 e. The van der Waals surface area contributed by atoms with Gasteiger partial charge in [-0.2, -0.15) is 0 Å².